The Labute approximate surface area is 334 Å². The summed E-state index contributed by atoms with van der Waals surface area (Å²) in [6.45, 7) is 3.37. The Morgan fingerprint density at radius 2 is 0.982 bits per heavy atom. The van der Waals surface area contributed by atoms with E-state index < -0.39 is 49.4 Å². The van der Waals surface area contributed by atoms with Crippen molar-refractivity contribution < 1.29 is 49.0 Å². The highest BCUT2D eigenvalue weighted by Gasteiger charge is 2.44. The quantitative estimate of drug-likeness (QED) is 0.0273. The maximum Gasteiger partial charge on any atom is 0.306 e. The first kappa shape index (κ1) is 51.2. The number of hydrogen-bond donors (Lipinski definition) is 4. The van der Waals surface area contributed by atoms with E-state index >= 15 is 0 Å². The van der Waals surface area contributed by atoms with E-state index in [0.717, 1.165) is 64.2 Å². The Bertz CT molecular complexity index is 954. The summed E-state index contributed by atoms with van der Waals surface area (Å²) < 4.78 is 22.1. The second kappa shape index (κ2) is 36.5. The lowest BCUT2D eigenvalue weighted by molar-refractivity contribution is -0.305. The van der Waals surface area contributed by atoms with Gasteiger partial charge in [0.2, 0.25) is 0 Å². The predicted octanol–water partition coefficient (Wildman–Crippen LogP) is 9.33. The van der Waals surface area contributed by atoms with E-state index in [1.165, 1.54) is 96.3 Å². The molecule has 1 heterocycles. The van der Waals surface area contributed by atoms with E-state index in [-0.39, 0.29) is 32.0 Å². The van der Waals surface area contributed by atoms with Crippen LogP contribution in [0, 0.1) is 0 Å². The molecule has 55 heavy (non-hydrogen) atoms. The lowest BCUT2D eigenvalue weighted by atomic mass is 9.99. The van der Waals surface area contributed by atoms with E-state index in [1.807, 2.05) is 0 Å². The molecule has 0 aromatic rings. The van der Waals surface area contributed by atoms with E-state index in [2.05, 4.69) is 38.2 Å². The van der Waals surface area contributed by atoms with Crippen LogP contribution in [-0.4, -0.2) is 89.0 Å². The highest BCUT2D eigenvalue weighted by atomic mass is 16.7. The highest BCUT2D eigenvalue weighted by Crippen LogP contribution is 2.22. The van der Waals surface area contributed by atoms with Crippen LogP contribution < -0.4 is 0 Å². The summed E-state index contributed by atoms with van der Waals surface area (Å²) >= 11 is 0. The van der Waals surface area contributed by atoms with Gasteiger partial charge in [0.25, 0.3) is 0 Å². The van der Waals surface area contributed by atoms with Gasteiger partial charge < -0.3 is 39.4 Å². The average Bonchev–Trinajstić information content (AvgIpc) is 3.18. The van der Waals surface area contributed by atoms with Gasteiger partial charge in [-0.25, -0.2) is 0 Å². The predicted molar refractivity (Wildman–Crippen MR) is 219 cm³/mol. The third-order valence-corrected chi connectivity index (χ3v) is 10.3. The van der Waals surface area contributed by atoms with Crippen LogP contribution in [-0.2, 0) is 28.5 Å². The minimum atomic E-state index is -1.59. The molecule has 0 aliphatic carbocycles. The summed E-state index contributed by atoms with van der Waals surface area (Å²) in [6.07, 6.45) is 31.9. The topological polar surface area (TPSA) is 152 Å². The zero-order chi connectivity index (χ0) is 40.2. The van der Waals surface area contributed by atoms with E-state index in [1.54, 1.807) is 0 Å². The standard InChI is InChI=1S/C45H82O10/c1-3-5-7-9-11-13-15-16-17-18-19-20-21-22-24-25-27-29-31-33-40(47)52-36-38(37-53-45-44(51)43(50)42(49)39(35-46)55-45)54-41(48)34-32-30-28-26-23-14-12-10-8-6-4-2/h10,12,16-17,38-39,42-46,49-51H,3-9,11,13-15,18-37H2,1-2H3/b12-10+,17-16+/t38-,39-,42+,43?,44?,45-/m0/s1. The van der Waals surface area contributed by atoms with Gasteiger partial charge >= 0.3 is 11.9 Å². The second-order valence-electron chi connectivity index (χ2n) is 15.5. The van der Waals surface area contributed by atoms with E-state index in [0.29, 0.717) is 6.42 Å². The fourth-order valence-electron chi connectivity index (χ4n) is 6.69. The average molecular weight is 783 g/mol. The Kier molecular flexibility index (Phi) is 34.0. The molecule has 10 heteroatoms. The van der Waals surface area contributed by atoms with Gasteiger partial charge in [-0.2, -0.15) is 0 Å². The van der Waals surface area contributed by atoms with Crippen molar-refractivity contribution in [3.8, 4) is 0 Å². The molecule has 0 amide bonds. The lowest BCUT2D eigenvalue weighted by Gasteiger charge is -2.39. The number of unbranched alkanes of at least 4 members (excludes halogenated alkanes) is 22. The van der Waals surface area contributed by atoms with Crippen molar-refractivity contribution in [1.82, 2.24) is 0 Å². The molecule has 0 aromatic heterocycles. The number of aliphatic hydroxyl groups is 4. The van der Waals surface area contributed by atoms with Crippen LogP contribution in [0.2, 0.25) is 0 Å². The van der Waals surface area contributed by atoms with Gasteiger partial charge in [-0.05, 0) is 57.8 Å². The summed E-state index contributed by atoms with van der Waals surface area (Å²) in [7, 11) is 0. The molecule has 322 valence electrons. The van der Waals surface area contributed by atoms with Crippen molar-refractivity contribution in [1.29, 1.82) is 0 Å². The van der Waals surface area contributed by atoms with Crippen LogP contribution >= 0.6 is 0 Å². The molecule has 10 nitrogen and oxygen atoms in total. The molecule has 0 aromatic carbocycles. The monoisotopic (exact) mass is 783 g/mol. The van der Waals surface area contributed by atoms with Crippen LogP contribution in [0.4, 0.5) is 0 Å². The molecule has 1 fully saturated rings. The summed E-state index contributed by atoms with van der Waals surface area (Å²) in [5.74, 6) is -0.817. The number of aliphatic hydroxyl groups excluding tert-OH is 4. The molecule has 1 saturated heterocycles. The number of carbonyl (C=O) groups is 2. The van der Waals surface area contributed by atoms with E-state index in [4.69, 9.17) is 18.9 Å². The van der Waals surface area contributed by atoms with Gasteiger partial charge in [-0.3, -0.25) is 9.59 Å². The van der Waals surface area contributed by atoms with Crippen molar-refractivity contribution in [3.63, 3.8) is 0 Å². The number of esters is 2. The lowest BCUT2D eigenvalue weighted by Crippen LogP contribution is -2.59. The third-order valence-electron chi connectivity index (χ3n) is 10.3. The molecule has 1 rings (SSSR count). The number of allylic oxidation sites excluding steroid dienone is 4. The second-order valence-corrected chi connectivity index (χ2v) is 15.5. The number of rotatable bonds is 37. The van der Waals surface area contributed by atoms with Crippen LogP contribution in [0.1, 0.15) is 194 Å². The first-order valence-electron chi connectivity index (χ1n) is 22.4. The summed E-state index contributed by atoms with van der Waals surface area (Å²) in [4.78, 5) is 25.3. The maximum atomic E-state index is 12.7. The fourth-order valence-corrected chi connectivity index (χ4v) is 6.69. The third kappa shape index (κ3) is 28.3. The number of hydrogen-bond acceptors (Lipinski definition) is 10. The number of carbonyl (C=O) groups excluding carboxylic acids is 2. The van der Waals surface area contributed by atoms with Crippen molar-refractivity contribution >= 4 is 11.9 Å². The molecular weight excluding hydrogens is 700 g/mol. The van der Waals surface area contributed by atoms with Crippen LogP contribution in [0.25, 0.3) is 0 Å². The summed E-state index contributed by atoms with van der Waals surface area (Å²) in [6, 6.07) is 0. The summed E-state index contributed by atoms with van der Waals surface area (Å²) in [5, 5.41) is 40.0. The van der Waals surface area contributed by atoms with E-state index in [9.17, 15) is 30.0 Å². The molecule has 0 radical (unpaired) electrons. The van der Waals surface area contributed by atoms with Gasteiger partial charge in [-0.1, -0.05) is 147 Å². The molecule has 0 spiro atoms. The zero-order valence-corrected chi connectivity index (χ0v) is 34.9. The Morgan fingerprint density at radius 1 is 0.545 bits per heavy atom. The molecule has 4 N–H and O–H groups in total. The number of ether oxygens (including phenoxy) is 4. The van der Waals surface area contributed by atoms with Crippen LogP contribution in [0.3, 0.4) is 0 Å². The molecule has 2 unspecified atom stereocenters. The molecule has 0 saturated carbocycles. The molecule has 0 bridgehead atoms. The SMILES string of the molecule is CCCC/C=C/CCCCCCCC(=O)O[C@@H](COC(=O)CCCCCCCCCCC/C=C/CCCCCCCC)CO[C@H]1O[C@@H](CO)[C@@H](O)C(O)C1O. The smallest absolute Gasteiger partial charge is 0.306 e. The van der Waals surface area contributed by atoms with Gasteiger partial charge in [0.1, 0.15) is 31.0 Å². The fraction of sp³-hybridized carbons (Fsp3) is 0.867. The van der Waals surface area contributed by atoms with Crippen LogP contribution in [0.5, 0.6) is 0 Å². The highest BCUT2D eigenvalue weighted by molar-refractivity contribution is 5.70. The zero-order valence-electron chi connectivity index (χ0n) is 34.9. The van der Waals surface area contributed by atoms with Crippen molar-refractivity contribution in [2.24, 2.45) is 0 Å². The Morgan fingerprint density at radius 3 is 1.47 bits per heavy atom. The first-order valence-corrected chi connectivity index (χ1v) is 22.4. The van der Waals surface area contributed by atoms with Crippen LogP contribution in [0.15, 0.2) is 24.3 Å². The Hall–Kier alpha value is -1.82. The first-order chi connectivity index (χ1) is 26.8. The minimum Gasteiger partial charge on any atom is -0.462 e. The van der Waals surface area contributed by atoms with Crippen molar-refractivity contribution in [3.05, 3.63) is 24.3 Å². The van der Waals surface area contributed by atoms with Crippen molar-refractivity contribution in [2.75, 3.05) is 19.8 Å². The molecule has 1 aliphatic rings. The van der Waals surface area contributed by atoms with Gasteiger partial charge in [0, 0.05) is 12.8 Å². The molecular formula is C45H82O10. The van der Waals surface area contributed by atoms with Crippen molar-refractivity contribution in [2.45, 2.75) is 230 Å². The largest absolute Gasteiger partial charge is 0.462 e. The van der Waals surface area contributed by atoms with Gasteiger partial charge in [0.05, 0.1) is 13.2 Å². The Balaban J connectivity index is 2.29. The normalized spacial score (nSPS) is 20.7. The van der Waals surface area contributed by atoms with Gasteiger partial charge in [0.15, 0.2) is 12.4 Å². The molecule has 1 aliphatic heterocycles. The summed E-state index contributed by atoms with van der Waals surface area (Å²) in [5.41, 5.74) is 0. The van der Waals surface area contributed by atoms with Gasteiger partial charge in [-0.15, -0.1) is 0 Å². The molecule has 6 atom stereocenters. The maximum absolute atomic E-state index is 12.7. The minimum absolute atomic E-state index is 0.220.